The number of likely N-dealkylation sites (tertiary alicyclic amines) is 2. The van der Waals surface area contributed by atoms with Crippen LogP contribution < -0.4 is 10.7 Å². The van der Waals surface area contributed by atoms with Crippen LogP contribution in [0.25, 0.3) is 0 Å². The molecule has 4 rings (SSSR count). The molecule has 2 aromatic rings. The van der Waals surface area contributed by atoms with Crippen LogP contribution in [0.15, 0.2) is 47.5 Å². The first-order valence-electron chi connectivity index (χ1n) is 13.3. The molecule has 2 aliphatic rings. The lowest BCUT2D eigenvalue weighted by Gasteiger charge is -2.48. The zero-order valence-electron chi connectivity index (χ0n) is 22.0. The van der Waals surface area contributed by atoms with E-state index in [1.165, 1.54) is 12.6 Å². The number of hydrogen-bond acceptors (Lipinski definition) is 4. The van der Waals surface area contributed by atoms with Crippen molar-refractivity contribution in [1.29, 1.82) is 0 Å². The van der Waals surface area contributed by atoms with E-state index >= 15 is 0 Å². The van der Waals surface area contributed by atoms with Gasteiger partial charge < -0.3 is 14.8 Å². The summed E-state index contributed by atoms with van der Waals surface area (Å²) in [5, 5.41) is 2.55. The maximum absolute atomic E-state index is 13.7. The van der Waals surface area contributed by atoms with Crippen molar-refractivity contribution < 1.29 is 9.59 Å². The summed E-state index contributed by atoms with van der Waals surface area (Å²) in [4.78, 5) is 43.8. The molecule has 1 aromatic carbocycles. The highest BCUT2D eigenvalue weighted by atomic mass is 16.2. The molecule has 1 spiro atoms. The SMILES string of the molecule is CNC(=O)c1cn(CCC(C)C)cc(C(=O)N2CCC[C@@]3(CCCN(Cc4ccccc4)C3)C2)c1=O. The third kappa shape index (κ3) is 6.06. The van der Waals surface area contributed by atoms with Crippen LogP contribution in [0.1, 0.15) is 72.2 Å². The smallest absolute Gasteiger partial charge is 0.259 e. The summed E-state index contributed by atoms with van der Waals surface area (Å²) >= 11 is 0. The van der Waals surface area contributed by atoms with Crippen LogP contribution in [0.3, 0.4) is 0 Å². The first-order chi connectivity index (χ1) is 17.3. The zero-order chi connectivity index (χ0) is 25.7. The predicted molar refractivity (Wildman–Crippen MR) is 142 cm³/mol. The molecule has 194 valence electrons. The first-order valence-corrected chi connectivity index (χ1v) is 13.3. The van der Waals surface area contributed by atoms with Crippen LogP contribution in [-0.4, -0.2) is 59.4 Å². The molecular weight excluding hydrogens is 452 g/mol. The molecule has 2 fully saturated rings. The number of aryl methyl sites for hydroxylation is 1. The van der Waals surface area contributed by atoms with Gasteiger partial charge in [0.25, 0.3) is 11.8 Å². The summed E-state index contributed by atoms with van der Waals surface area (Å²) in [6.07, 6.45) is 8.38. The maximum Gasteiger partial charge on any atom is 0.259 e. The Morgan fingerprint density at radius 1 is 1.00 bits per heavy atom. The summed E-state index contributed by atoms with van der Waals surface area (Å²) in [5.74, 6) is -0.227. The standard InChI is InChI=1S/C29H40N4O3/c1-22(2)11-16-31-18-24(27(35)30-3)26(34)25(19-31)28(36)33-15-8-13-29(21-33)12-7-14-32(20-29)17-23-9-5-4-6-10-23/h4-6,9-10,18-19,22H,7-8,11-17,20-21H2,1-3H3,(H,30,35)/t29-/m1/s1. The fourth-order valence-corrected chi connectivity index (χ4v) is 5.79. The number of carbonyl (C=O) groups is 2. The van der Waals surface area contributed by atoms with Gasteiger partial charge in [-0.15, -0.1) is 0 Å². The third-order valence-electron chi connectivity index (χ3n) is 7.68. The van der Waals surface area contributed by atoms with Gasteiger partial charge in [-0.05, 0) is 50.1 Å². The summed E-state index contributed by atoms with van der Waals surface area (Å²) in [5.41, 5.74) is 1.02. The lowest BCUT2D eigenvalue weighted by molar-refractivity contribution is 0.0112. The van der Waals surface area contributed by atoms with Crippen LogP contribution in [0.2, 0.25) is 0 Å². The number of nitrogens with zero attached hydrogens (tertiary/aromatic N) is 3. The van der Waals surface area contributed by atoms with Gasteiger partial charge >= 0.3 is 0 Å². The molecule has 36 heavy (non-hydrogen) atoms. The van der Waals surface area contributed by atoms with Crippen molar-refractivity contribution in [2.75, 3.05) is 33.2 Å². The van der Waals surface area contributed by atoms with Gasteiger partial charge in [-0.25, -0.2) is 0 Å². The molecule has 0 saturated carbocycles. The van der Waals surface area contributed by atoms with Crippen LogP contribution in [0.5, 0.6) is 0 Å². The minimum Gasteiger partial charge on any atom is -0.355 e. The van der Waals surface area contributed by atoms with E-state index in [2.05, 4.69) is 48.3 Å². The lowest BCUT2D eigenvalue weighted by Crippen LogP contribution is -2.54. The van der Waals surface area contributed by atoms with Crippen molar-refractivity contribution >= 4 is 11.8 Å². The number of carbonyl (C=O) groups excluding carboxylic acids is 2. The number of pyridine rings is 1. The molecule has 1 atom stereocenters. The number of aromatic nitrogens is 1. The fraction of sp³-hybridized carbons (Fsp3) is 0.552. The number of hydrogen-bond donors (Lipinski definition) is 1. The highest BCUT2D eigenvalue weighted by Gasteiger charge is 2.41. The Balaban J connectivity index is 1.55. The van der Waals surface area contributed by atoms with E-state index in [0.29, 0.717) is 25.6 Å². The van der Waals surface area contributed by atoms with Crippen molar-refractivity contribution in [1.82, 2.24) is 19.7 Å². The minimum absolute atomic E-state index is 0.0329. The molecule has 0 radical (unpaired) electrons. The van der Waals surface area contributed by atoms with Gasteiger partial charge in [-0.3, -0.25) is 19.3 Å². The average Bonchev–Trinajstić information content (AvgIpc) is 2.88. The van der Waals surface area contributed by atoms with Gasteiger partial charge in [-0.2, -0.15) is 0 Å². The molecule has 2 saturated heterocycles. The van der Waals surface area contributed by atoms with Crippen LogP contribution in [-0.2, 0) is 13.1 Å². The van der Waals surface area contributed by atoms with Gasteiger partial charge in [-0.1, -0.05) is 44.2 Å². The van der Waals surface area contributed by atoms with Gasteiger partial charge in [0.05, 0.1) is 0 Å². The number of amides is 2. The lowest BCUT2D eigenvalue weighted by atomic mass is 9.73. The van der Waals surface area contributed by atoms with Gasteiger partial charge in [0.15, 0.2) is 0 Å². The number of nitrogens with one attached hydrogen (secondary N) is 1. The fourth-order valence-electron chi connectivity index (χ4n) is 5.79. The van der Waals surface area contributed by atoms with Crippen LogP contribution in [0.4, 0.5) is 0 Å². The summed E-state index contributed by atoms with van der Waals surface area (Å²) < 4.78 is 1.83. The van der Waals surface area contributed by atoms with Crippen molar-refractivity contribution in [3.8, 4) is 0 Å². The minimum atomic E-state index is -0.478. The molecule has 2 aliphatic heterocycles. The molecular formula is C29H40N4O3. The summed E-state index contributed by atoms with van der Waals surface area (Å²) in [7, 11) is 1.51. The van der Waals surface area contributed by atoms with Gasteiger partial charge in [0.2, 0.25) is 5.43 Å². The summed E-state index contributed by atoms with van der Waals surface area (Å²) in [6.45, 7) is 9.18. The van der Waals surface area contributed by atoms with E-state index in [4.69, 9.17) is 0 Å². The predicted octanol–water partition coefficient (Wildman–Crippen LogP) is 3.77. The first kappa shape index (κ1) is 26.1. The Morgan fingerprint density at radius 2 is 1.69 bits per heavy atom. The monoisotopic (exact) mass is 492 g/mol. The normalized spacial score (nSPS) is 20.6. The molecule has 7 nitrogen and oxygen atoms in total. The molecule has 1 N–H and O–H groups in total. The van der Waals surface area contributed by atoms with Crippen molar-refractivity contribution in [3.63, 3.8) is 0 Å². The molecule has 1 aromatic heterocycles. The van der Waals surface area contributed by atoms with E-state index in [1.807, 2.05) is 15.5 Å². The Labute approximate surface area is 214 Å². The van der Waals surface area contributed by atoms with E-state index in [-0.39, 0.29) is 22.4 Å². The largest absolute Gasteiger partial charge is 0.355 e. The molecule has 0 bridgehead atoms. The van der Waals surface area contributed by atoms with Crippen molar-refractivity contribution in [2.24, 2.45) is 11.3 Å². The topological polar surface area (TPSA) is 74.7 Å². The van der Waals surface area contributed by atoms with E-state index in [1.54, 1.807) is 12.4 Å². The van der Waals surface area contributed by atoms with E-state index < -0.39 is 11.3 Å². The molecule has 0 unspecified atom stereocenters. The third-order valence-corrected chi connectivity index (χ3v) is 7.68. The van der Waals surface area contributed by atoms with Crippen molar-refractivity contribution in [3.05, 3.63) is 69.6 Å². The Kier molecular flexibility index (Phi) is 8.29. The van der Waals surface area contributed by atoms with Crippen LogP contribution >= 0.6 is 0 Å². The molecule has 3 heterocycles. The number of piperidine rings is 2. The molecule has 0 aliphatic carbocycles. The van der Waals surface area contributed by atoms with Crippen molar-refractivity contribution in [2.45, 2.75) is 59.0 Å². The second kappa shape index (κ2) is 11.4. The molecule has 7 heteroatoms. The quantitative estimate of drug-likeness (QED) is 0.639. The second-order valence-electron chi connectivity index (χ2n) is 11.0. The summed E-state index contributed by atoms with van der Waals surface area (Å²) in [6, 6.07) is 10.5. The second-order valence-corrected chi connectivity index (χ2v) is 11.0. The highest BCUT2D eigenvalue weighted by molar-refractivity contribution is 5.99. The zero-order valence-corrected chi connectivity index (χ0v) is 22.0. The Hall–Kier alpha value is -2.93. The van der Waals surface area contributed by atoms with E-state index in [0.717, 1.165) is 51.7 Å². The number of rotatable bonds is 7. The maximum atomic E-state index is 13.7. The Bertz CT molecular complexity index is 1120. The van der Waals surface area contributed by atoms with E-state index in [9.17, 15) is 14.4 Å². The average molecular weight is 493 g/mol. The van der Waals surface area contributed by atoms with Gasteiger partial charge in [0.1, 0.15) is 11.1 Å². The Morgan fingerprint density at radius 3 is 2.39 bits per heavy atom. The van der Waals surface area contributed by atoms with Crippen LogP contribution in [0, 0.1) is 11.3 Å². The van der Waals surface area contributed by atoms with Gasteiger partial charge in [0, 0.05) is 57.6 Å². The number of benzene rings is 1. The highest BCUT2D eigenvalue weighted by Crippen LogP contribution is 2.39. The molecule has 2 amide bonds.